The Bertz CT molecular complexity index is 994. The smallest absolute Gasteiger partial charge is 0.341 e. The SMILES string of the molecule is Cc1c(N2CCC(N(C)C)C2)c(F)cn2c(=O)c(C(=O)O)cc(C3CC3)c12. The number of carboxylic acids is 1. The van der Waals surface area contributed by atoms with Crippen molar-refractivity contribution in [2.75, 3.05) is 32.1 Å². The van der Waals surface area contributed by atoms with Gasteiger partial charge in [0.05, 0.1) is 17.4 Å². The molecule has 1 unspecified atom stereocenters. The summed E-state index contributed by atoms with van der Waals surface area (Å²) in [5.74, 6) is -1.51. The van der Waals surface area contributed by atoms with Crippen molar-refractivity contribution in [3.05, 3.63) is 45.1 Å². The fraction of sp³-hybridized carbons (Fsp3) is 0.500. The fourth-order valence-electron chi connectivity index (χ4n) is 4.26. The number of pyridine rings is 2. The number of carbonyl (C=O) groups is 1. The summed E-state index contributed by atoms with van der Waals surface area (Å²) < 4.78 is 16.3. The van der Waals surface area contributed by atoms with Gasteiger partial charge >= 0.3 is 5.97 Å². The summed E-state index contributed by atoms with van der Waals surface area (Å²) in [4.78, 5) is 28.3. The van der Waals surface area contributed by atoms with Crippen molar-refractivity contribution in [3.8, 4) is 0 Å². The minimum atomic E-state index is -1.27. The second kappa shape index (κ2) is 6.34. The zero-order valence-corrected chi connectivity index (χ0v) is 15.8. The number of fused-ring (bicyclic) bond motifs is 1. The third kappa shape index (κ3) is 2.90. The van der Waals surface area contributed by atoms with Crippen molar-refractivity contribution >= 4 is 17.2 Å². The lowest BCUT2D eigenvalue weighted by molar-refractivity contribution is 0.0694. The van der Waals surface area contributed by atoms with E-state index >= 15 is 4.39 Å². The summed E-state index contributed by atoms with van der Waals surface area (Å²) in [6.45, 7) is 3.33. The first-order chi connectivity index (χ1) is 12.8. The predicted molar refractivity (Wildman–Crippen MR) is 102 cm³/mol. The average Bonchev–Trinajstić information content (AvgIpc) is 3.32. The van der Waals surface area contributed by atoms with Crippen LogP contribution in [0.4, 0.5) is 10.1 Å². The largest absolute Gasteiger partial charge is 0.477 e. The Morgan fingerprint density at radius 2 is 2.00 bits per heavy atom. The van der Waals surface area contributed by atoms with E-state index in [0.717, 1.165) is 37.9 Å². The maximum absolute atomic E-state index is 15.1. The Balaban J connectivity index is 1.94. The number of aromatic carboxylic acids is 1. The number of rotatable bonds is 4. The Morgan fingerprint density at radius 1 is 1.30 bits per heavy atom. The maximum Gasteiger partial charge on any atom is 0.341 e. The van der Waals surface area contributed by atoms with Crippen molar-refractivity contribution in [1.29, 1.82) is 0 Å². The van der Waals surface area contributed by atoms with Gasteiger partial charge in [0.15, 0.2) is 5.82 Å². The first-order valence-electron chi connectivity index (χ1n) is 9.32. The number of likely N-dealkylation sites (N-methyl/N-ethyl adjacent to an activating group) is 1. The number of nitrogens with zero attached hydrogens (tertiary/aromatic N) is 3. The molecule has 2 aromatic heterocycles. The van der Waals surface area contributed by atoms with Crippen molar-refractivity contribution in [3.63, 3.8) is 0 Å². The highest BCUT2D eigenvalue weighted by Gasteiger charge is 2.32. The molecule has 1 saturated heterocycles. The predicted octanol–water partition coefficient (Wildman–Crippen LogP) is 2.46. The molecule has 2 aromatic rings. The Kier molecular flexibility index (Phi) is 4.22. The van der Waals surface area contributed by atoms with Gasteiger partial charge in [-0.1, -0.05) is 0 Å². The van der Waals surface area contributed by atoms with Crippen LogP contribution in [-0.4, -0.2) is 53.6 Å². The van der Waals surface area contributed by atoms with Gasteiger partial charge in [0.25, 0.3) is 5.56 Å². The molecule has 1 aliphatic heterocycles. The van der Waals surface area contributed by atoms with E-state index in [1.165, 1.54) is 16.7 Å². The maximum atomic E-state index is 15.1. The normalized spacial score (nSPS) is 20.0. The molecular weight excluding hydrogens is 349 g/mol. The van der Waals surface area contributed by atoms with Crippen molar-refractivity contribution < 1.29 is 14.3 Å². The van der Waals surface area contributed by atoms with Crippen molar-refractivity contribution in [2.45, 2.75) is 38.1 Å². The molecule has 3 heterocycles. The second-order valence-corrected chi connectivity index (χ2v) is 7.92. The van der Waals surface area contributed by atoms with Crippen molar-refractivity contribution in [2.24, 2.45) is 0 Å². The number of aromatic nitrogens is 1. The van der Waals surface area contributed by atoms with Crippen LogP contribution in [0.15, 0.2) is 17.1 Å². The molecule has 27 heavy (non-hydrogen) atoms. The molecule has 0 aromatic carbocycles. The number of aryl methyl sites for hydroxylation is 1. The number of anilines is 1. The van der Waals surface area contributed by atoms with E-state index in [9.17, 15) is 14.7 Å². The monoisotopic (exact) mass is 373 g/mol. The lowest BCUT2D eigenvalue weighted by atomic mass is 10.0. The Labute approximate surface area is 156 Å². The van der Waals surface area contributed by atoms with Gasteiger partial charge in [0.1, 0.15) is 5.56 Å². The molecule has 0 bridgehead atoms. The van der Waals surface area contributed by atoms with E-state index in [0.29, 0.717) is 22.8 Å². The van der Waals surface area contributed by atoms with Crippen LogP contribution >= 0.6 is 0 Å². The molecule has 144 valence electrons. The van der Waals surface area contributed by atoms with Crippen LogP contribution in [0, 0.1) is 12.7 Å². The van der Waals surface area contributed by atoms with Crippen LogP contribution in [0.1, 0.15) is 46.7 Å². The van der Waals surface area contributed by atoms with Gasteiger partial charge in [-0.05, 0) is 63.4 Å². The molecule has 1 atom stereocenters. The topological polar surface area (TPSA) is 65.3 Å². The first-order valence-corrected chi connectivity index (χ1v) is 9.32. The van der Waals surface area contributed by atoms with E-state index < -0.39 is 17.3 Å². The molecule has 0 amide bonds. The summed E-state index contributed by atoms with van der Waals surface area (Å²) >= 11 is 0. The lowest BCUT2D eigenvalue weighted by Gasteiger charge is -2.25. The standard InChI is InChI=1S/C20H24FN3O3/c1-11-17-14(12-4-5-12)8-15(20(26)27)19(25)24(17)10-16(21)18(11)23-7-6-13(9-23)22(2)3/h8,10,12-13H,4-7,9H2,1-3H3,(H,26,27). The molecule has 2 fully saturated rings. The van der Waals surface area contributed by atoms with Gasteiger partial charge in [0, 0.05) is 19.1 Å². The van der Waals surface area contributed by atoms with E-state index in [-0.39, 0.29) is 11.5 Å². The van der Waals surface area contributed by atoms with Crippen LogP contribution in [0.5, 0.6) is 0 Å². The quantitative estimate of drug-likeness (QED) is 0.892. The molecule has 1 aliphatic carbocycles. The molecule has 7 heteroatoms. The summed E-state index contributed by atoms with van der Waals surface area (Å²) in [5.41, 5.74) is 1.78. The molecule has 4 rings (SSSR count). The van der Waals surface area contributed by atoms with E-state index in [2.05, 4.69) is 4.90 Å². The van der Waals surface area contributed by atoms with E-state index in [4.69, 9.17) is 0 Å². The lowest BCUT2D eigenvalue weighted by Crippen LogP contribution is -2.32. The molecule has 1 N–H and O–H groups in total. The number of carboxylic acid groups (broad SMARTS) is 1. The van der Waals surface area contributed by atoms with Gasteiger partial charge in [-0.15, -0.1) is 0 Å². The van der Waals surface area contributed by atoms with Crippen molar-refractivity contribution in [1.82, 2.24) is 9.30 Å². The summed E-state index contributed by atoms with van der Waals surface area (Å²) in [7, 11) is 4.05. The van der Waals surface area contributed by atoms with Gasteiger partial charge in [0.2, 0.25) is 0 Å². The molecular formula is C20H24FN3O3. The van der Waals surface area contributed by atoms with Gasteiger partial charge in [-0.3, -0.25) is 9.20 Å². The fourth-order valence-corrected chi connectivity index (χ4v) is 4.26. The highest BCUT2D eigenvalue weighted by atomic mass is 19.1. The van der Waals surface area contributed by atoms with Gasteiger partial charge in [-0.2, -0.15) is 0 Å². The minimum Gasteiger partial charge on any atom is -0.477 e. The summed E-state index contributed by atoms with van der Waals surface area (Å²) in [5, 5.41) is 9.38. The molecule has 2 aliphatic rings. The summed E-state index contributed by atoms with van der Waals surface area (Å²) in [6, 6.07) is 1.86. The number of hydrogen-bond donors (Lipinski definition) is 1. The van der Waals surface area contributed by atoms with Gasteiger partial charge in [-0.25, -0.2) is 9.18 Å². The van der Waals surface area contributed by atoms with Gasteiger partial charge < -0.3 is 14.9 Å². The van der Waals surface area contributed by atoms with Crippen LogP contribution in [0.25, 0.3) is 5.52 Å². The number of hydrogen-bond acceptors (Lipinski definition) is 4. The van der Waals surface area contributed by atoms with Crippen LogP contribution in [-0.2, 0) is 0 Å². The first kappa shape index (κ1) is 18.0. The van der Waals surface area contributed by atoms with E-state index in [1.807, 2.05) is 25.9 Å². The molecule has 6 nitrogen and oxygen atoms in total. The molecule has 1 saturated carbocycles. The third-order valence-electron chi connectivity index (χ3n) is 5.90. The Morgan fingerprint density at radius 3 is 2.56 bits per heavy atom. The second-order valence-electron chi connectivity index (χ2n) is 7.92. The zero-order chi connectivity index (χ0) is 19.5. The number of halogens is 1. The van der Waals surface area contributed by atoms with Crippen LogP contribution in [0.3, 0.4) is 0 Å². The van der Waals surface area contributed by atoms with E-state index in [1.54, 1.807) is 0 Å². The molecule has 0 spiro atoms. The van der Waals surface area contributed by atoms with Crippen LogP contribution < -0.4 is 10.5 Å². The highest BCUT2D eigenvalue weighted by Crippen LogP contribution is 2.44. The average molecular weight is 373 g/mol. The van der Waals surface area contributed by atoms with Crippen LogP contribution in [0.2, 0.25) is 0 Å². The summed E-state index contributed by atoms with van der Waals surface area (Å²) in [6.07, 6.45) is 4.05. The zero-order valence-electron chi connectivity index (χ0n) is 15.8. The third-order valence-corrected chi connectivity index (χ3v) is 5.90. The highest BCUT2D eigenvalue weighted by molar-refractivity contribution is 5.89. The minimum absolute atomic E-state index is 0.240. The molecule has 0 radical (unpaired) electrons. The Hall–Kier alpha value is -2.41.